The van der Waals surface area contributed by atoms with Crippen molar-refractivity contribution in [3.8, 4) is 0 Å². The van der Waals surface area contributed by atoms with Crippen LogP contribution in [-0.2, 0) is 43.4 Å². The monoisotopic (exact) mass is 946 g/mol. The molecule has 0 amide bonds. The van der Waals surface area contributed by atoms with Crippen molar-refractivity contribution in [3.05, 3.63) is 174 Å². The third-order valence-electron chi connectivity index (χ3n) is 6.59. The van der Waals surface area contributed by atoms with Gasteiger partial charge in [0.2, 0.25) is 10.1 Å². The maximum absolute atomic E-state index is 11.6. The standard InChI is InChI=1S/C18H16OSi.C12H8N2.C6H18NSi2.4CH3.2Mo.2N.H2OSi/c19-20(16-10-4-1-5-11-16,17-12-6-2-7-13-17)18-14-8-3-9-15-18;1-3-9-5-6-10-4-2-8-14-12(10)11(9)13-7-1;1-8(2,3)7-9(4,5)6;;;;;;;;;1-2/h1-15,19H;1-8H;1-6H3;4*1H3;;;;;2H2/q;;5*-1;;;;;. The number of aromatic nitrogens is 2. The summed E-state index contributed by atoms with van der Waals surface area (Å²) in [5.74, 6) is 0. The van der Waals surface area contributed by atoms with Gasteiger partial charge in [-0.15, -0.1) is 0 Å². The molecule has 2 aromatic heterocycles. The Bertz CT molecular complexity index is 1690. The number of rotatable bonds is 5. The number of hydrogen-bond acceptors (Lipinski definition) is 6. The first-order valence-corrected chi connectivity index (χ1v) is 26.6. The van der Waals surface area contributed by atoms with Crippen molar-refractivity contribution < 1.29 is 48.2 Å². The van der Waals surface area contributed by atoms with E-state index in [9.17, 15) is 4.80 Å². The topological polar surface area (TPSA) is 125 Å². The van der Waals surface area contributed by atoms with E-state index < -0.39 is 24.8 Å². The van der Waals surface area contributed by atoms with E-state index in [-0.39, 0.29) is 29.7 Å². The van der Waals surface area contributed by atoms with Crippen molar-refractivity contribution in [2.24, 2.45) is 0 Å². The third-order valence-corrected chi connectivity index (χ3v) is 15.5. The first kappa shape index (κ1) is 56.8. The fourth-order valence-corrected chi connectivity index (χ4v) is 16.3. The minimum absolute atomic E-state index is 0. The van der Waals surface area contributed by atoms with Crippen molar-refractivity contribution in [1.82, 2.24) is 9.97 Å². The van der Waals surface area contributed by atoms with Crippen molar-refractivity contribution >= 4 is 72.3 Å². The predicted octanol–water partition coefficient (Wildman–Crippen LogP) is 8.25. The van der Waals surface area contributed by atoms with E-state index in [1.807, 2.05) is 103 Å². The molecule has 0 atom stereocenters. The molecule has 0 aliphatic rings. The molecule has 0 unspecified atom stereocenters. The van der Waals surface area contributed by atoms with E-state index in [1.165, 1.54) is 0 Å². The van der Waals surface area contributed by atoms with Crippen LogP contribution in [0, 0.1) is 37.2 Å². The van der Waals surface area contributed by atoms with Gasteiger partial charge in [-0.25, -0.2) is 0 Å². The largest absolute Gasteiger partial charge is 0.254 e. The molecule has 2 heterocycles. The van der Waals surface area contributed by atoms with Gasteiger partial charge in [0.05, 0.1) is 11.0 Å². The van der Waals surface area contributed by atoms with E-state index in [2.05, 4.69) is 73.5 Å². The molecule has 6 rings (SSSR count). The second kappa shape index (κ2) is 29.4. The van der Waals surface area contributed by atoms with E-state index >= 15 is 0 Å². The SMILES string of the molecule is C[Si](C)(C)[N-][Si](C)(C)C.O=[SiH2].O[Si](c1ccccc1)(c1ccccc1)c1ccccc1.[CH3-].[CH3-].[CH3-].[CH3-].[N]#[Mo].[N]#[Mo].c1cnc2c(c1)ccc1cccnc12. The van der Waals surface area contributed by atoms with Gasteiger partial charge in [0, 0.05) is 23.2 Å². The number of fused-ring (bicyclic) bond motifs is 3. The Morgan fingerprint density at radius 2 is 0.755 bits per heavy atom. The van der Waals surface area contributed by atoms with Crippen LogP contribution in [0.25, 0.3) is 26.5 Å². The Balaban J connectivity index is -0.000000323. The molecule has 0 saturated carbocycles. The Morgan fingerprint density at radius 1 is 0.491 bits per heavy atom. The van der Waals surface area contributed by atoms with Crippen LogP contribution in [0.2, 0.25) is 39.3 Å². The molecule has 53 heavy (non-hydrogen) atoms. The van der Waals surface area contributed by atoms with Gasteiger partial charge in [0.25, 0.3) is 8.32 Å². The van der Waals surface area contributed by atoms with Crippen molar-refractivity contribution in [3.63, 3.8) is 0 Å². The molecule has 6 aromatic rings. The van der Waals surface area contributed by atoms with E-state index in [1.54, 1.807) is 12.4 Å². The predicted molar refractivity (Wildman–Crippen MR) is 232 cm³/mol. The Kier molecular flexibility index (Phi) is 31.6. The molecular formula is C40H56Mo2N5O2Si4-5. The summed E-state index contributed by atoms with van der Waals surface area (Å²) in [4.78, 5) is 20.3. The summed E-state index contributed by atoms with van der Waals surface area (Å²) < 4.78 is 27.1. The van der Waals surface area contributed by atoms with E-state index in [0.29, 0.717) is 10.1 Å². The second-order valence-corrected chi connectivity index (χ2v) is 25.2. The molecule has 0 aliphatic carbocycles. The van der Waals surface area contributed by atoms with Crippen LogP contribution in [0.1, 0.15) is 0 Å². The summed E-state index contributed by atoms with van der Waals surface area (Å²) in [6, 6.07) is 42.1. The van der Waals surface area contributed by atoms with Crippen LogP contribution in [0.4, 0.5) is 0 Å². The molecule has 0 spiro atoms. The average molecular weight is 943 g/mol. The summed E-state index contributed by atoms with van der Waals surface area (Å²) >= 11 is 1.90. The summed E-state index contributed by atoms with van der Waals surface area (Å²) in [5, 5.41) is 5.31. The van der Waals surface area contributed by atoms with Crippen LogP contribution in [0.15, 0.2) is 140 Å². The molecule has 286 valence electrons. The average Bonchev–Trinajstić information content (AvgIpc) is 3.14. The molecule has 0 bridgehead atoms. The number of hydrogen-bond donors (Lipinski definition) is 1. The molecule has 0 radical (unpaired) electrons. The Hall–Kier alpha value is -2.92. The van der Waals surface area contributed by atoms with Crippen LogP contribution in [0.3, 0.4) is 0 Å². The molecule has 0 aliphatic heterocycles. The Morgan fingerprint density at radius 3 is 0.981 bits per heavy atom. The van der Waals surface area contributed by atoms with E-state index in [0.717, 1.165) is 76.3 Å². The Labute approximate surface area is 348 Å². The maximum Gasteiger partial charge on any atom is 0.0964 e. The zero-order valence-corrected chi connectivity index (χ0v) is 41.3. The maximum atomic E-state index is 11.6. The van der Waals surface area contributed by atoms with Crippen molar-refractivity contribution in [1.29, 1.82) is 7.46 Å². The number of pyridine rings is 2. The molecule has 0 fully saturated rings. The van der Waals surface area contributed by atoms with Gasteiger partial charge in [-0.05, 0) is 27.7 Å². The third kappa shape index (κ3) is 18.8. The quantitative estimate of drug-likeness (QED) is 0.0804. The second-order valence-electron chi connectivity index (χ2n) is 12.5. The smallest absolute Gasteiger partial charge is 0.0964 e. The normalized spacial score (nSPS) is 9.64. The van der Waals surface area contributed by atoms with Crippen LogP contribution < -0.4 is 15.6 Å². The summed E-state index contributed by atoms with van der Waals surface area (Å²) in [6.07, 6.45) is 3.60. The fraction of sp³-hybridized carbons (Fsp3) is 0.150. The van der Waals surface area contributed by atoms with Gasteiger partial charge in [-0.1, -0.05) is 171 Å². The summed E-state index contributed by atoms with van der Waals surface area (Å²) in [6.45, 7) is 13.8. The van der Waals surface area contributed by atoms with Crippen LogP contribution >= 0.6 is 0 Å². The molecule has 0 saturated heterocycles. The molecule has 4 aromatic carbocycles. The van der Waals surface area contributed by atoms with Gasteiger partial charge < -0.3 is 43.6 Å². The molecular weight excluding hydrogens is 887 g/mol. The zero-order valence-electron chi connectivity index (χ0n) is 32.9. The first-order valence-electron chi connectivity index (χ1n) is 15.3. The van der Waals surface area contributed by atoms with E-state index in [4.69, 9.17) is 16.6 Å². The summed E-state index contributed by atoms with van der Waals surface area (Å²) in [5.41, 5.74) is 1.95. The number of nitrogens with zero attached hydrogens (tertiary/aromatic N) is 5. The van der Waals surface area contributed by atoms with Gasteiger partial charge in [0.15, 0.2) is 0 Å². The molecule has 7 nitrogen and oxygen atoms in total. The molecule has 1 N–H and O–H groups in total. The van der Waals surface area contributed by atoms with Gasteiger partial charge in [-0.3, -0.25) is 9.97 Å². The fourth-order valence-electron chi connectivity index (χ4n) is 5.22. The summed E-state index contributed by atoms with van der Waals surface area (Å²) in [7, 11) is -4.48. The first-order chi connectivity index (χ1) is 23.5. The van der Waals surface area contributed by atoms with Crippen LogP contribution in [-0.4, -0.2) is 49.7 Å². The van der Waals surface area contributed by atoms with Crippen LogP contribution in [0.5, 0.6) is 0 Å². The van der Waals surface area contributed by atoms with Gasteiger partial charge in [0.1, 0.15) is 0 Å². The van der Waals surface area contributed by atoms with Gasteiger partial charge in [-0.2, -0.15) is 0 Å². The minimum atomic E-state index is -2.88. The van der Waals surface area contributed by atoms with Gasteiger partial charge >= 0.3 is 46.4 Å². The van der Waals surface area contributed by atoms with Crippen molar-refractivity contribution in [2.45, 2.75) is 39.3 Å². The number of benzene rings is 4. The van der Waals surface area contributed by atoms with Crippen molar-refractivity contribution in [2.75, 3.05) is 0 Å². The zero-order chi connectivity index (χ0) is 36.9. The minimum Gasteiger partial charge on any atom is -0.254 e. The molecule has 13 heteroatoms.